The second-order valence-electron chi connectivity index (χ2n) is 6.02. The summed E-state index contributed by atoms with van der Waals surface area (Å²) in [7, 11) is 0. The quantitative estimate of drug-likeness (QED) is 0.893. The van der Waals surface area contributed by atoms with Crippen molar-refractivity contribution >= 4 is 6.03 Å². The Morgan fingerprint density at radius 3 is 2.72 bits per heavy atom. The van der Waals surface area contributed by atoms with Crippen molar-refractivity contribution in [2.75, 3.05) is 6.54 Å². The molecule has 0 unspecified atom stereocenters. The molecule has 2 aromatic rings. The third kappa shape index (κ3) is 4.04. The summed E-state index contributed by atoms with van der Waals surface area (Å²) in [5, 5.41) is 2.68. The van der Waals surface area contributed by atoms with Gasteiger partial charge in [0.25, 0.3) is 5.56 Å². The SMILES string of the molecule is O=C(N[C@@H](CC(F)F)c1ccccc1)N1CCc2cc[nH]c(=O)c2C1. The highest BCUT2D eigenvalue weighted by Gasteiger charge is 2.26. The van der Waals surface area contributed by atoms with E-state index in [9.17, 15) is 18.4 Å². The number of halogens is 2. The molecule has 0 fully saturated rings. The number of benzene rings is 1. The van der Waals surface area contributed by atoms with Crippen LogP contribution in [0, 0.1) is 0 Å². The predicted molar refractivity (Wildman–Crippen MR) is 89.5 cm³/mol. The molecule has 0 spiro atoms. The molecule has 0 aliphatic carbocycles. The number of rotatable bonds is 4. The zero-order valence-corrected chi connectivity index (χ0v) is 13.5. The summed E-state index contributed by atoms with van der Waals surface area (Å²) in [6.45, 7) is 0.617. The van der Waals surface area contributed by atoms with Crippen LogP contribution < -0.4 is 10.9 Å². The summed E-state index contributed by atoms with van der Waals surface area (Å²) in [5.41, 5.74) is 1.88. The van der Waals surface area contributed by atoms with Crippen molar-refractivity contribution in [1.82, 2.24) is 15.2 Å². The first-order valence-corrected chi connectivity index (χ1v) is 8.12. The van der Waals surface area contributed by atoms with E-state index in [4.69, 9.17) is 0 Å². The van der Waals surface area contributed by atoms with Gasteiger partial charge >= 0.3 is 6.03 Å². The van der Waals surface area contributed by atoms with Gasteiger partial charge in [0.1, 0.15) is 0 Å². The maximum atomic E-state index is 12.9. The summed E-state index contributed by atoms with van der Waals surface area (Å²) < 4.78 is 25.8. The molecule has 5 nitrogen and oxygen atoms in total. The van der Waals surface area contributed by atoms with Crippen molar-refractivity contribution in [2.24, 2.45) is 0 Å². The molecule has 1 aromatic heterocycles. The Balaban J connectivity index is 1.74. The number of urea groups is 1. The molecule has 0 radical (unpaired) electrons. The fourth-order valence-electron chi connectivity index (χ4n) is 3.04. The molecule has 7 heteroatoms. The Bertz CT molecular complexity index is 792. The highest BCUT2D eigenvalue weighted by Crippen LogP contribution is 2.22. The average molecular weight is 347 g/mol. The molecular weight excluding hydrogens is 328 g/mol. The Hall–Kier alpha value is -2.70. The topological polar surface area (TPSA) is 65.2 Å². The molecule has 1 aliphatic heterocycles. The summed E-state index contributed by atoms with van der Waals surface area (Å²) >= 11 is 0. The summed E-state index contributed by atoms with van der Waals surface area (Å²) in [6, 6.07) is 9.32. The number of aromatic nitrogens is 1. The van der Waals surface area contributed by atoms with E-state index in [1.807, 2.05) is 6.07 Å². The second kappa shape index (κ2) is 7.46. The number of aromatic amines is 1. The van der Waals surface area contributed by atoms with Gasteiger partial charge in [-0.2, -0.15) is 0 Å². The van der Waals surface area contributed by atoms with Crippen LogP contribution in [0.3, 0.4) is 0 Å². The van der Waals surface area contributed by atoms with Gasteiger partial charge in [-0.3, -0.25) is 4.79 Å². The van der Waals surface area contributed by atoms with Gasteiger partial charge in [-0.05, 0) is 23.6 Å². The largest absolute Gasteiger partial charge is 0.331 e. The Labute approximate surface area is 143 Å². The number of nitrogens with one attached hydrogen (secondary N) is 2. The van der Waals surface area contributed by atoms with Crippen LogP contribution in [0.15, 0.2) is 47.4 Å². The van der Waals surface area contributed by atoms with E-state index in [0.29, 0.717) is 24.1 Å². The number of alkyl halides is 2. The maximum absolute atomic E-state index is 12.9. The predicted octanol–water partition coefficient (Wildman–Crippen LogP) is 2.84. The van der Waals surface area contributed by atoms with Crippen molar-refractivity contribution in [3.8, 4) is 0 Å². The minimum absolute atomic E-state index is 0.174. The fourth-order valence-corrected chi connectivity index (χ4v) is 3.04. The van der Waals surface area contributed by atoms with Crippen molar-refractivity contribution in [3.05, 3.63) is 69.6 Å². The van der Waals surface area contributed by atoms with Gasteiger partial charge in [-0.1, -0.05) is 30.3 Å². The molecule has 0 saturated heterocycles. The number of fused-ring (bicyclic) bond motifs is 1. The molecule has 0 saturated carbocycles. The molecule has 132 valence electrons. The van der Waals surface area contributed by atoms with Crippen LogP contribution >= 0.6 is 0 Å². The zero-order chi connectivity index (χ0) is 17.8. The van der Waals surface area contributed by atoms with Crippen molar-refractivity contribution < 1.29 is 13.6 Å². The standard InChI is InChI=1S/C18H19F2N3O2/c19-16(20)10-15(13-4-2-1-3-5-13)22-18(25)23-9-7-12-6-8-21-17(24)14(12)11-23/h1-6,8,15-16H,7,9-11H2,(H,21,24)(H,22,25)/t15-/m0/s1. The summed E-state index contributed by atoms with van der Waals surface area (Å²) in [5.74, 6) is 0. The van der Waals surface area contributed by atoms with Crippen LogP contribution in [0.1, 0.15) is 29.2 Å². The van der Waals surface area contributed by atoms with Crippen molar-refractivity contribution in [2.45, 2.75) is 31.9 Å². The smallest absolute Gasteiger partial charge is 0.318 e. The fraction of sp³-hybridized carbons (Fsp3) is 0.333. The number of amides is 2. The van der Waals surface area contributed by atoms with Crippen LogP contribution in [-0.4, -0.2) is 28.9 Å². The molecule has 0 bridgehead atoms. The van der Waals surface area contributed by atoms with Crippen LogP contribution in [0.2, 0.25) is 0 Å². The first-order valence-electron chi connectivity index (χ1n) is 8.12. The lowest BCUT2D eigenvalue weighted by Crippen LogP contribution is -2.45. The van der Waals surface area contributed by atoms with Gasteiger partial charge in [-0.25, -0.2) is 13.6 Å². The van der Waals surface area contributed by atoms with Crippen LogP contribution in [0.4, 0.5) is 13.6 Å². The molecule has 1 aromatic carbocycles. The Morgan fingerprint density at radius 2 is 2.00 bits per heavy atom. The van der Waals surface area contributed by atoms with Gasteiger partial charge < -0.3 is 15.2 Å². The van der Waals surface area contributed by atoms with Crippen LogP contribution in [0.5, 0.6) is 0 Å². The van der Waals surface area contributed by atoms with Gasteiger partial charge in [0.15, 0.2) is 0 Å². The van der Waals surface area contributed by atoms with E-state index in [-0.39, 0.29) is 12.1 Å². The summed E-state index contributed by atoms with van der Waals surface area (Å²) in [6.07, 6.45) is -0.834. The highest BCUT2D eigenvalue weighted by molar-refractivity contribution is 5.75. The van der Waals surface area contributed by atoms with E-state index in [1.54, 1.807) is 36.5 Å². The first kappa shape index (κ1) is 17.1. The number of carbonyl (C=O) groups excluding carboxylic acids is 1. The van der Waals surface area contributed by atoms with E-state index >= 15 is 0 Å². The molecular formula is C18H19F2N3O2. The normalized spacial score (nSPS) is 14.9. The van der Waals surface area contributed by atoms with Gasteiger partial charge in [0, 0.05) is 24.7 Å². The van der Waals surface area contributed by atoms with E-state index < -0.39 is 24.9 Å². The molecule has 3 rings (SSSR count). The second-order valence-corrected chi connectivity index (χ2v) is 6.02. The van der Waals surface area contributed by atoms with Gasteiger partial charge in [-0.15, -0.1) is 0 Å². The number of H-pyrrole nitrogens is 1. The third-order valence-electron chi connectivity index (χ3n) is 4.36. The zero-order valence-electron chi connectivity index (χ0n) is 13.5. The molecule has 2 N–H and O–H groups in total. The number of nitrogens with zero attached hydrogens (tertiary/aromatic N) is 1. The lowest BCUT2D eigenvalue weighted by Gasteiger charge is -2.30. The number of hydrogen-bond donors (Lipinski definition) is 2. The van der Waals surface area contributed by atoms with E-state index in [1.165, 1.54) is 4.90 Å². The summed E-state index contributed by atoms with van der Waals surface area (Å²) in [4.78, 5) is 28.5. The molecule has 2 heterocycles. The minimum atomic E-state index is -2.53. The van der Waals surface area contributed by atoms with Crippen LogP contribution in [-0.2, 0) is 13.0 Å². The average Bonchev–Trinajstić information content (AvgIpc) is 2.61. The third-order valence-corrected chi connectivity index (χ3v) is 4.36. The minimum Gasteiger partial charge on any atom is -0.331 e. The monoisotopic (exact) mass is 347 g/mol. The number of hydrogen-bond acceptors (Lipinski definition) is 2. The van der Waals surface area contributed by atoms with Crippen LogP contribution in [0.25, 0.3) is 0 Å². The lowest BCUT2D eigenvalue weighted by molar-refractivity contribution is 0.120. The highest BCUT2D eigenvalue weighted by atomic mass is 19.3. The van der Waals surface area contributed by atoms with Gasteiger partial charge in [0.2, 0.25) is 6.43 Å². The molecule has 25 heavy (non-hydrogen) atoms. The van der Waals surface area contributed by atoms with Crippen molar-refractivity contribution in [3.63, 3.8) is 0 Å². The van der Waals surface area contributed by atoms with E-state index in [2.05, 4.69) is 10.3 Å². The van der Waals surface area contributed by atoms with E-state index in [0.717, 1.165) is 5.56 Å². The number of carbonyl (C=O) groups is 1. The van der Waals surface area contributed by atoms with Crippen molar-refractivity contribution in [1.29, 1.82) is 0 Å². The molecule has 1 aliphatic rings. The number of pyridine rings is 1. The molecule has 1 atom stereocenters. The Kier molecular flexibility index (Phi) is 5.11. The van der Waals surface area contributed by atoms with Gasteiger partial charge in [0.05, 0.1) is 12.6 Å². The first-order chi connectivity index (χ1) is 12.0. The lowest BCUT2D eigenvalue weighted by atomic mass is 10.0. The maximum Gasteiger partial charge on any atom is 0.318 e. The molecule has 2 amide bonds. The Morgan fingerprint density at radius 1 is 1.24 bits per heavy atom.